The van der Waals surface area contributed by atoms with Crippen molar-refractivity contribution in [2.75, 3.05) is 25.5 Å². The first-order valence-corrected chi connectivity index (χ1v) is 13.2. The summed E-state index contributed by atoms with van der Waals surface area (Å²) in [4.78, 5) is 17.2. The van der Waals surface area contributed by atoms with Crippen molar-refractivity contribution >= 4 is 42.6 Å². The summed E-state index contributed by atoms with van der Waals surface area (Å²) in [6, 6.07) is 5.55. The molecule has 178 valence electrons. The second kappa shape index (κ2) is 9.40. The van der Waals surface area contributed by atoms with Crippen LogP contribution >= 0.6 is 11.3 Å². The van der Waals surface area contributed by atoms with Crippen molar-refractivity contribution in [1.82, 2.24) is 19.1 Å². The number of amides is 1. The fourth-order valence-electron chi connectivity index (χ4n) is 4.10. The number of thiazole rings is 1. The van der Waals surface area contributed by atoms with E-state index in [1.165, 1.54) is 11.3 Å². The van der Waals surface area contributed by atoms with E-state index in [1.54, 1.807) is 29.9 Å². The third-order valence-electron chi connectivity index (χ3n) is 6.05. The van der Waals surface area contributed by atoms with Gasteiger partial charge in [0, 0.05) is 19.5 Å². The Morgan fingerprint density at radius 2 is 2.00 bits per heavy atom. The van der Waals surface area contributed by atoms with Gasteiger partial charge in [0.1, 0.15) is 10.6 Å². The van der Waals surface area contributed by atoms with E-state index in [0.717, 1.165) is 28.8 Å². The molecule has 0 bridgehead atoms. The monoisotopic (exact) mass is 491 g/mol. The van der Waals surface area contributed by atoms with Crippen molar-refractivity contribution in [1.29, 1.82) is 0 Å². The molecule has 0 saturated carbocycles. The quantitative estimate of drug-likeness (QED) is 0.542. The first kappa shape index (κ1) is 23.7. The van der Waals surface area contributed by atoms with E-state index in [9.17, 15) is 13.2 Å². The molecule has 1 N–H and O–H groups in total. The van der Waals surface area contributed by atoms with E-state index >= 15 is 0 Å². The second-order valence-electron chi connectivity index (χ2n) is 8.46. The number of fused-ring (bicyclic) bond motifs is 1. The maximum Gasteiger partial charge on any atom is 0.246 e. The molecule has 1 amide bonds. The van der Waals surface area contributed by atoms with Crippen LogP contribution in [0.25, 0.3) is 10.2 Å². The Labute approximate surface area is 197 Å². The Morgan fingerprint density at radius 3 is 2.70 bits per heavy atom. The van der Waals surface area contributed by atoms with Crippen molar-refractivity contribution in [3.05, 3.63) is 29.6 Å². The molecule has 4 rings (SSSR count). The number of carbonyl (C=O) groups excluding carboxylic acids is 1. The van der Waals surface area contributed by atoms with E-state index in [0.29, 0.717) is 35.5 Å². The lowest BCUT2D eigenvalue weighted by atomic mass is 10.0. The molecule has 11 heteroatoms. The van der Waals surface area contributed by atoms with Crippen LogP contribution in [0.3, 0.4) is 0 Å². The number of benzene rings is 1. The lowest BCUT2D eigenvalue weighted by Gasteiger charge is -2.29. The average molecular weight is 492 g/mol. The third kappa shape index (κ3) is 4.90. The number of hydrogen-bond donors (Lipinski definition) is 1. The van der Waals surface area contributed by atoms with Crippen molar-refractivity contribution in [2.24, 2.45) is 5.92 Å². The van der Waals surface area contributed by atoms with E-state index in [1.807, 2.05) is 18.2 Å². The SMILES string of the molecule is COc1ccc2nc(NC(=O)CCn3nc(C)c(S(=O)(=O)N4CCC(C)CC4)c3C)sc2c1. The van der Waals surface area contributed by atoms with Crippen LogP contribution in [0.15, 0.2) is 23.1 Å². The number of anilines is 1. The molecule has 9 nitrogen and oxygen atoms in total. The van der Waals surface area contributed by atoms with Gasteiger partial charge in [-0.2, -0.15) is 9.40 Å². The molecule has 1 aliphatic rings. The van der Waals surface area contributed by atoms with Crippen LogP contribution in [-0.2, 0) is 21.4 Å². The minimum atomic E-state index is -3.60. The van der Waals surface area contributed by atoms with Crippen LogP contribution < -0.4 is 10.1 Å². The molecule has 0 spiro atoms. The first-order valence-electron chi connectivity index (χ1n) is 11.0. The maximum atomic E-state index is 13.2. The molecule has 0 atom stereocenters. The Hall–Kier alpha value is -2.50. The summed E-state index contributed by atoms with van der Waals surface area (Å²) in [5.41, 5.74) is 1.81. The minimum Gasteiger partial charge on any atom is -0.497 e. The van der Waals surface area contributed by atoms with Crippen LogP contribution in [0.2, 0.25) is 0 Å². The highest BCUT2D eigenvalue weighted by Gasteiger charge is 2.33. The highest BCUT2D eigenvalue weighted by molar-refractivity contribution is 7.89. The Kier molecular flexibility index (Phi) is 6.73. The van der Waals surface area contributed by atoms with Crippen molar-refractivity contribution in [2.45, 2.75) is 51.5 Å². The fourth-order valence-corrected chi connectivity index (χ4v) is 6.85. The molecular weight excluding hydrogens is 462 g/mol. The van der Waals surface area contributed by atoms with Crippen molar-refractivity contribution in [3.8, 4) is 5.75 Å². The van der Waals surface area contributed by atoms with Gasteiger partial charge in [-0.25, -0.2) is 13.4 Å². The van der Waals surface area contributed by atoms with Gasteiger partial charge in [0.2, 0.25) is 15.9 Å². The molecule has 33 heavy (non-hydrogen) atoms. The first-order chi connectivity index (χ1) is 15.7. The normalized spacial score (nSPS) is 15.8. The van der Waals surface area contributed by atoms with Gasteiger partial charge in [0.25, 0.3) is 0 Å². The zero-order valence-corrected chi connectivity index (χ0v) is 20.9. The number of aromatic nitrogens is 3. The third-order valence-corrected chi connectivity index (χ3v) is 9.13. The molecule has 0 unspecified atom stereocenters. The lowest BCUT2D eigenvalue weighted by molar-refractivity contribution is -0.116. The maximum absolute atomic E-state index is 13.2. The topological polar surface area (TPSA) is 106 Å². The summed E-state index contributed by atoms with van der Waals surface area (Å²) in [5, 5.41) is 7.76. The van der Waals surface area contributed by atoms with Gasteiger partial charge in [-0.1, -0.05) is 18.3 Å². The highest BCUT2D eigenvalue weighted by atomic mass is 32.2. The molecule has 2 aromatic heterocycles. The van der Waals surface area contributed by atoms with Gasteiger partial charge in [0.15, 0.2) is 5.13 Å². The zero-order valence-electron chi connectivity index (χ0n) is 19.3. The number of ether oxygens (including phenoxy) is 1. The van der Waals surface area contributed by atoms with Crippen molar-refractivity contribution in [3.63, 3.8) is 0 Å². The summed E-state index contributed by atoms with van der Waals surface area (Å²) in [6.07, 6.45) is 1.89. The molecule has 0 aliphatic carbocycles. The van der Waals surface area contributed by atoms with Crippen LogP contribution in [0.5, 0.6) is 5.75 Å². The smallest absolute Gasteiger partial charge is 0.246 e. The van der Waals surface area contributed by atoms with E-state index in [4.69, 9.17) is 4.74 Å². The van der Waals surface area contributed by atoms with E-state index in [-0.39, 0.29) is 23.8 Å². The van der Waals surface area contributed by atoms with Gasteiger partial charge >= 0.3 is 0 Å². The molecule has 0 radical (unpaired) electrons. The predicted octanol–water partition coefficient (Wildman–Crippen LogP) is 3.57. The molecule has 1 aliphatic heterocycles. The molecule has 1 saturated heterocycles. The van der Waals surface area contributed by atoms with E-state index in [2.05, 4.69) is 22.3 Å². The van der Waals surface area contributed by atoms with Crippen molar-refractivity contribution < 1.29 is 17.9 Å². The lowest BCUT2D eigenvalue weighted by Crippen LogP contribution is -2.38. The Bertz CT molecular complexity index is 1270. The minimum absolute atomic E-state index is 0.155. The number of aryl methyl sites for hydroxylation is 2. The summed E-state index contributed by atoms with van der Waals surface area (Å²) in [7, 11) is -2.00. The number of methoxy groups -OCH3 is 1. The molecule has 1 aromatic carbocycles. The summed E-state index contributed by atoms with van der Waals surface area (Å²) in [6.45, 7) is 6.95. The number of nitrogens with zero attached hydrogens (tertiary/aromatic N) is 4. The number of carbonyl (C=O) groups is 1. The highest BCUT2D eigenvalue weighted by Crippen LogP contribution is 2.30. The predicted molar refractivity (Wildman–Crippen MR) is 128 cm³/mol. The van der Waals surface area contributed by atoms with Gasteiger partial charge in [-0.15, -0.1) is 0 Å². The largest absolute Gasteiger partial charge is 0.497 e. The van der Waals surface area contributed by atoms with Crippen LogP contribution in [-0.4, -0.2) is 53.6 Å². The fraction of sp³-hybridized carbons (Fsp3) is 0.500. The van der Waals surface area contributed by atoms with Gasteiger partial charge in [-0.3, -0.25) is 9.48 Å². The number of hydrogen-bond acceptors (Lipinski definition) is 7. The summed E-state index contributed by atoms with van der Waals surface area (Å²) < 4.78 is 35.8. The molecular formula is C22H29N5O4S2. The van der Waals surface area contributed by atoms with E-state index < -0.39 is 10.0 Å². The average Bonchev–Trinajstić information content (AvgIpc) is 3.30. The van der Waals surface area contributed by atoms with Crippen LogP contribution in [0.1, 0.15) is 37.6 Å². The van der Waals surface area contributed by atoms with Gasteiger partial charge in [0.05, 0.1) is 35.3 Å². The number of nitrogens with one attached hydrogen (secondary N) is 1. The van der Waals surface area contributed by atoms with Crippen LogP contribution in [0, 0.1) is 19.8 Å². The standard InChI is InChI=1S/C22H29N5O4S2/c1-14-7-10-26(11-8-14)33(29,30)21-15(2)25-27(16(21)3)12-9-20(28)24-22-23-18-6-5-17(31-4)13-19(18)32-22/h5-6,13-14H,7-12H2,1-4H3,(H,23,24,28). The Balaban J connectivity index is 1.43. The Morgan fingerprint density at radius 1 is 1.27 bits per heavy atom. The number of piperidine rings is 1. The summed E-state index contributed by atoms with van der Waals surface area (Å²) >= 11 is 1.38. The molecule has 3 heterocycles. The molecule has 1 fully saturated rings. The number of sulfonamides is 1. The molecule has 3 aromatic rings. The van der Waals surface area contributed by atoms with Gasteiger partial charge in [-0.05, 0) is 50.8 Å². The second-order valence-corrected chi connectivity index (χ2v) is 11.4. The van der Waals surface area contributed by atoms with Crippen LogP contribution in [0.4, 0.5) is 5.13 Å². The zero-order chi connectivity index (χ0) is 23.8. The van der Waals surface area contributed by atoms with Gasteiger partial charge < -0.3 is 10.1 Å². The summed E-state index contributed by atoms with van der Waals surface area (Å²) in [5.74, 6) is 1.07. The number of rotatable bonds is 7.